The van der Waals surface area contributed by atoms with Crippen LogP contribution in [0.5, 0.6) is 0 Å². The van der Waals surface area contributed by atoms with E-state index in [0.29, 0.717) is 6.04 Å². The summed E-state index contributed by atoms with van der Waals surface area (Å²) >= 11 is 0. The van der Waals surface area contributed by atoms with Crippen molar-refractivity contribution in [2.24, 2.45) is 5.41 Å². The maximum atomic E-state index is 8.96. The lowest BCUT2D eigenvalue weighted by molar-refractivity contribution is 0.416. The van der Waals surface area contributed by atoms with E-state index in [1.54, 1.807) is 0 Å². The molecule has 0 amide bonds. The average molecular weight is 244 g/mol. The Morgan fingerprint density at radius 3 is 2.39 bits per heavy atom. The summed E-state index contributed by atoms with van der Waals surface area (Å²) in [5, 5.41) is 12.4. The van der Waals surface area contributed by atoms with Crippen molar-refractivity contribution < 1.29 is 0 Å². The molecule has 0 spiro atoms. The predicted molar refractivity (Wildman–Crippen MR) is 76.2 cm³/mol. The molecule has 1 rings (SSSR count). The standard InChI is InChI=1S/C16H24N2/c1-5-14-6-8-15(9-7-14)13(2)18-11-10-16(3,4)12-17/h6-9,13,18H,5,10-11H2,1-4H3. The summed E-state index contributed by atoms with van der Waals surface area (Å²) in [6.07, 6.45) is 1.96. The van der Waals surface area contributed by atoms with Crippen molar-refractivity contribution in [3.8, 4) is 6.07 Å². The molecular formula is C16H24N2. The highest BCUT2D eigenvalue weighted by Gasteiger charge is 2.16. The number of benzene rings is 1. The molecule has 98 valence electrons. The molecule has 0 bridgehead atoms. The molecule has 0 aromatic heterocycles. The molecule has 0 heterocycles. The van der Waals surface area contributed by atoms with Crippen LogP contribution in [-0.4, -0.2) is 6.54 Å². The molecule has 2 heteroatoms. The zero-order valence-corrected chi connectivity index (χ0v) is 12.0. The fourth-order valence-electron chi connectivity index (χ4n) is 1.82. The first kappa shape index (κ1) is 14.7. The van der Waals surface area contributed by atoms with Gasteiger partial charge in [0, 0.05) is 6.04 Å². The third-order valence-electron chi connectivity index (χ3n) is 3.39. The van der Waals surface area contributed by atoms with Gasteiger partial charge in [-0.25, -0.2) is 0 Å². The van der Waals surface area contributed by atoms with Gasteiger partial charge in [-0.05, 0) is 51.3 Å². The van der Waals surface area contributed by atoms with Crippen molar-refractivity contribution >= 4 is 0 Å². The zero-order chi connectivity index (χ0) is 13.6. The SMILES string of the molecule is CCc1ccc(C(C)NCCC(C)(C)C#N)cc1. The van der Waals surface area contributed by atoms with Crippen LogP contribution in [0.4, 0.5) is 0 Å². The van der Waals surface area contributed by atoms with Crippen molar-refractivity contribution in [1.82, 2.24) is 5.32 Å². The van der Waals surface area contributed by atoms with Crippen LogP contribution in [0.1, 0.15) is 51.3 Å². The number of nitrogens with zero attached hydrogens (tertiary/aromatic N) is 1. The number of nitriles is 1. The van der Waals surface area contributed by atoms with Gasteiger partial charge in [-0.15, -0.1) is 0 Å². The molecule has 2 nitrogen and oxygen atoms in total. The molecular weight excluding hydrogens is 220 g/mol. The molecule has 0 saturated carbocycles. The smallest absolute Gasteiger partial charge is 0.0684 e. The van der Waals surface area contributed by atoms with Gasteiger partial charge in [0.2, 0.25) is 0 Å². The van der Waals surface area contributed by atoms with Gasteiger partial charge in [-0.3, -0.25) is 0 Å². The zero-order valence-electron chi connectivity index (χ0n) is 12.0. The van der Waals surface area contributed by atoms with E-state index < -0.39 is 0 Å². The van der Waals surface area contributed by atoms with E-state index in [9.17, 15) is 0 Å². The Hall–Kier alpha value is -1.33. The van der Waals surface area contributed by atoms with Crippen LogP contribution in [-0.2, 0) is 6.42 Å². The van der Waals surface area contributed by atoms with Crippen molar-refractivity contribution in [1.29, 1.82) is 5.26 Å². The lowest BCUT2D eigenvalue weighted by Gasteiger charge is -2.19. The largest absolute Gasteiger partial charge is 0.310 e. The molecule has 0 radical (unpaired) electrons. The quantitative estimate of drug-likeness (QED) is 0.825. The Kier molecular flexibility index (Phi) is 5.37. The average Bonchev–Trinajstić information content (AvgIpc) is 2.38. The number of aryl methyl sites for hydroxylation is 1. The maximum absolute atomic E-state index is 8.96. The highest BCUT2D eigenvalue weighted by Crippen LogP contribution is 2.19. The first-order chi connectivity index (χ1) is 8.48. The fourth-order valence-corrected chi connectivity index (χ4v) is 1.82. The van der Waals surface area contributed by atoms with Gasteiger partial charge in [-0.2, -0.15) is 5.26 Å². The fraction of sp³-hybridized carbons (Fsp3) is 0.562. The molecule has 18 heavy (non-hydrogen) atoms. The third kappa shape index (κ3) is 4.50. The number of hydrogen-bond acceptors (Lipinski definition) is 2. The second-order valence-electron chi connectivity index (χ2n) is 5.52. The molecule has 1 N–H and O–H groups in total. The molecule has 0 saturated heterocycles. The summed E-state index contributed by atoms with van der Waals surface area (Å²) in [6, 6.07) is 11.4. The predicted octanol–water partition coefficient (Wildman–Crippen LogP) is 3.84. The van der Waals surface area contributed by atoms with E-state index >= 15 is 0 Å². The molecule has 1 atom stereocenters. The lowest BCUT2D eigenvalue weighted by Crippen LogP contribution is -2.24. The normalized spacial score (nSPS) is 13.1. The minimum Gasteiger partial charge on any atom is -0.310 e. The summed E-state index contributed by atoms with van der Waals surface area (Å²) < 4.78 is 0. The van der Waals surface area contributed by atoms with Crippen molar-refractivity contribution in [2.45, 2.75) is 46.6 Å². The van der Waals surface area contributed by atoms with Gasteiger partial charge in [0.05, 0.1) is 11.5 Å². The molecule has 0 aliphatic rings. The molecule has 0 fully saturated rings. The number of nitrogens with one attached hydrogen (secondary N) is 1. The Morgan fingerprint density at radius 1 is 1.28 bits per heavy atom. The van der Waals surface area contributed by atoms with Gasteiger partial charge >= 0.3 is 0 Å². The number of hydrogen-bond donors (Lipinski definition) is 1. The van der Waals surface area contributed by atoms with Crippen LogP contribution in [0, 0.1) is 16.7 Å². The van der Waals surface area contributed by atoms with Gasteiger partial charge in [-0.1, -0.05) is 31.2 Å². The van der Waals surface area contributed by atoms with Crippen LogP contribution < -0.4 is 5.32 Å². The first-order valence-electron chi connectivity index (χ1n) is 6.72. The van der Waals surface area contributed by atoms with Crippen LogP contribution in [0.3, 0.4) is 0 Å². The second kappa shape index (κ2) is 6.56. The summed E-state index contributed by atoms with van der Waals surface area (Å²) in [5.41, 5.74) is 2.44. The Bertz CT molecular complexity index is 398. The summed E-state index contributed by atoms with van der Waals surface area (Å²) in [6.45, 7) is 9.17. The van der Waals surface area contributed by atoms with Crippen LogP contribution in [0.2, 0.25) is 0 Å². The molecule has 0 aliphatic carbocycles. The lowest BCUT2D eigenvalue weighted by atomic mass is 9.91. The van der Waals surface area contributed by atoms with E-state index in [2.05, 4.69) is 49.5 Å². The van der Waals surface area contributed by atoms with Crippen molar-refractivity contribution in [3.05, 3.63) is 35.4 Å². The molecule has 1 aromatic rings. The van der Waals surface area contributed by atoms with Gasteiger partial charge in [0.25, 0.3) is 0 Å². The van der Waals surface area contributed by atoms with E-state index in [-0.39, 0.29) is 5.41 Å². The van der Waals surface area contributed by atoms with Crippen LogP contribution in [0.25, 0.3) is 0 Å². The van der Waals surface area contributed by atoms with E-state index in [1.165, 1.54) is 11.1 Å². The van der Waals surface area contributed by atoms with Crippen molar-refractivity contribution in [3.63, 3.8) is 0 Å². The van der Waals surface area contributed by atoms with Crippen LogP contribution in [0.15, 0.2) is 24.3 Å². The third-order valence-corrected chi connectivity index (χ3v) is 3.39. The van der Waals surface area contributed by atoms with Gasteiger partial charge < -0.3 is 5.32 Å². The van der Waals surface area contributed by atoms with Gasteiger partial charge in [0.1, 0.15) is 0 Å². The van der Waals surface area contributed by atoms with Crippen LogP contribution >= 0.6 is 0 Å². The van der Waals surface area contributed by atoms with E-state index in [1.807, 2.05) is 13.8 Å². The monoisotopic (exact) mass is 244 g/mol. The summed E-state index contributed by atoms with van der Waals surface area (Å²) in [7, 11) is 0. The minimum atomic E-state index is -0.237. The first-order valence-corrected chi connectivity index (χ1v) is 6.72. The summed E-state index contributed by atoms with van der Waals surface area (Å²) in [5.74, 6) is 0. The Labute approximate surface area is 111 Å². The number of rotatable bonds is 6. The Morgan fingerprint density at radius 2 is 1.89 bits per heavy atom. The topological polar surface area (TPSA) is 35.8 Å². The molecule has 1 unspecified atom stereocenters. The van der Waals surface area contributed by atoms with E-state index in [4.69, 9.17) is 5.26 Å². The molecule has 0 aliphatic heterocycles. The minimum absolute atomic E-state index is 0.237. The molecule has 1 aromatic carbocycles. The highest BCUT2D eigenvalue weighted by atomic mass is 14.9. The van der Waals surface area contributed by atoms with Gasteiger partial charge in [0.15, 0.2) is 0 Å². The maximum Gasteiger partial charge on any atom is 0.0684 e. The second-order valence-corrected chi connectivity index (χ2v) is 5.52. The highest BCUT2D eigenvalue weighted by molar-refractivity contribution is 5.24. The summed E-state index contributed by atoms with van der Waals surface area (Å²) in [4.78, 5) is 0. The Balaban J connectivity index is 2.45. The van der Waals surface area contributed by atoms with Crippen molar-refractivity contribution in [2.75, 3.05) is 6.54 Å². The van der Waals surface area contributed by atoms with E-state index in [0.717, 1.165) is 19.4 Å².